The lowest BCUT2D eigenvalue weighted by Gasteiger charge is -2.52. The number of piperidine rings is 1. The monoisotopic (exact) mass is 372 g/mol. The van der Waals surface area contributed by atoms with Crippen molar-refractivity contribution in [2.24, 2.45) is 4.99 Å². The van der Waals surface area contributed by atoms with Crippen molar-refractivity contribution in [1.82, 2.24) is 19.8 Å². The van der Waals surface area contributed by atoms with Gasteiger partial charge in [0.2, 0.25) is 0 Å². The summed E-state index contributed by atoms with van der Waals surface area (Å²) in [7, 11) is 0. The number of fused-ring (bicyclic) bond motifs is 5. The standard InChI is InChI=1S/C22H24N6/c1-2-6-17-16(5-1)21-23-11-14-28(21)22(26-17)9-12-27(13-10-22)15-20-24-18-7-3-4-8-19(18)25-20/h1-8,26H,9-15H2,(H,24,25). The number of para-hydroxylation sites is 3. The lowest BCUT2D eigenvalue weighted by molar-refractivity contribution is 0.0883. The lowest BCUT2D eigenvalue weighted by atomic mass is 9.90. The number of aliphatic imine (C=N–C) groups is 1. The Kier molecular flexibility index (Phi) is 3.50. The van der Waals surface area contributed by atoms with E-state index in [0.717, 1.165) is 62.4 Å². The summed E-state index contributed by atoms with van der Waals surface area (Å²) in [6.07, 6.45) is 2.17. The zero-order chi connectivity index (χ0) is 18.6. The molecule has 0 bridgehead atoms. The third-order valence-electron chi connectivity index (χ3n) is 6.39. The molecule has 2 aromatic carbocycles. The van der Waals surface area contributed by atoms with Crippen LogP contribution in [0.2, 0.25) is 0 Å². The van der Waals surface area contributed by atoms with Gasteiger partial charge in [-0.2, -0.15) is 0 Å². The number of amidine groups is 1. The van der Waals surface area contributed by atoms with E-state index in [0.29, 0.717) is 0 Å². The van der Waals surface area contributed by atoms with Gasteiger partial charge in [-0.25, -0.2) is 4.98 Å². The Bertz CT molecular complexity index is 1030. The molecule has 0 radical (unpaired) electrons. The topological polar surface area (TPSA) is 59.6 Å². The van der Waals surface area contributed by atoms with E-state index in [-0.39, 0.29) is 5.66 Å². The fourth-order valence-corrected chi connectivity index (χ4v) is 4.97. The predicted molar refractivity (Wildman–Crippen MR) is 112 cm³/mol. The summed E-state index contributed by atoms with van der Waals surface area (Å²) in [6, 6.07) is 16.8. The van der Waals surface area contributed by atoms with Crippen molar-refractivity contribution >= 4 is 22.6 Å². The van der Waals surface area contributed by atoms with E-state index < -0.39 is 0 Å². The maximum absolute atomic E-state index is 4.83. The maximum atomic E-state index is 4.83. The molecule has 0 saturated carbocycles. The van der Waals surface area contributed by atoms with Gasteiger partial charge in [0, 0.05) is 43.7 Å². The van der Waals surface area contributed by atoms with E-state index >= 15 is 0 Å². The number of likely N-dealkylation sites (tertiary alicyclic amines) is 1. The molecule has 3 aromatic rings. The molecule has 1 saturated heterocycles. The molecule has 2 N–H and O–H groups in total. The molecular formula is C22H24N6. The number of rotatable bonds is 2. The first-order chi connectivity index (χ1) is 13.8. The van der Waals surface area contributed by atoms with Crippen LogP contribution in [-0.4, -0.2) is 57.4 Å². The number of H-pyrrole nitrogens is 1. The van der Waals surface area contributed by atoms with Crippen molar-refractivity contribution in [3.8, 4) is 0 Å². The first kappa shape index (κ1) is 16.1. The highest BCUT2D eigenvalue weighted by Gasteiger charge is 2.46. The molecule has 0 amide bonds. The van der Waals surface area contributed by atoms with E-state index in [2.05, 4.69) is 62.6 Å². The van der Waals surface area contributed by atoms with Crippen LogP contribution in [0.3, 0.4) is 0 Å². The van der Waals surface area contributed by atoms with Crippen LogP contribution in [0.15, 0.2) is 53.5 Å². The van der Waals surface area contributed by atoms with Gasteiger partial charge in [-0.05, 0) is 24.3 Å². The highest BCUT2D eigenvalue weighted by molar-refractivity contribution is 6.06. The number of nitrogens with zero attached hydrogens (tertiary/aromatic N) is 4. The number of aromatic nitrogens is 2. The fraction of sp³-hybridized carbons (Fsp3) is 0.364. The van der Waals surface area contributed by atoms with Crippen LogP contribution in [0, 0.1) is 0 Å². The van der Waals surface area contributed by atoms with Crippen molar-refractivity contribution < 1.29 is 0 Å². The molecule has 142 valence electrons. The van der Waals surface area contributed by atoms with Gasteiger partial charge in [0.05, 0.1) is 24.1 Å². The second-order valence-corrected chi connectivity index (χ2v) is 8.04. The minimum atomic E-state index is -0.00589. The second-order valence-electron chi connectivity index (χ2n) is 8.04. The molecule has 6 nitrogen and oxygen atoms in total. The number of nitrogens with one attached hydrogen (secondary N) is 2. The zero-order valence-corrected chi connectivity index (χ0v) is 15.9. The van der Waals surface area contributed by atoms with Gasteiger partial charge in [0.15, 0.2) is 0 Å². The summed E-state index contributed by atoms with van der Waals surface area (Å²) in [5, 5.41) is 3.88. The SMILES string of the molecule is c1ccc2c(c1)NC1(CCN(Cc3nc4ccccc4[nH]3)CC1)N1CCN=C21. The lowest BCUT2D eigenvalue weighted by Crippen LogP contribution is -2.63. The van der Waals surface area contributed by atoms with E-state index in [1.54, 1.807) is 0 Å². The molecule has 1 spiro atoms. The Hall–Kier alpha value is -2.86. The van der Waals surface area contributed by atoms with Gasteiger partial charge in [0.25, 0.3) is 0 Å². The number of aromatic amines is 1. The van der Waals surface area contributed by atoms with Gasteiger partial charge in [0.1, 0.15) is 17.3 Å². The summed E-state index contributed by atoms with van der Waals surface area (Å²) in [6.45, 7) is 4.89. The molecule has 0 aliphatic carbocycles. The first-order valence-electron chi connectivity index (χ1n) is 10.2. The normalized spacial score (nSPS) is 20.7. The number of anilines is 1. The Balaban J connectivity index is 1.22. The predicted octanol–water partition coefficient (Wildman–Crippen LogP) is 3.04. The molecule has 1 fully saturated rings. The van der Waals surface area contributed by atoms with Crippen LogP contribution >= 0.6 is 0 Å². The van der Waals surface area contributed by atoms with Gasteiger partial charge in [-0.1, -0.05) is 24.3 Å². The quantitative estimate of drug-likeness (QED) is 0.726. The molecule has 1 aromatic heterocycles. The molecule has 3 aliphatic heterocycles. The average Bonchev–Trinajstić information content (AvgIpc) is 3.37. The van der Waals surface area contributed by atoms with Gasteiger partial charge in [-0.3, -0.25) is 9.89 Å². The number of hydrogen-bond donors (Lipinski definition) is 2. The van der Waals surface area contributed by atoms with E-state index in [1.807, 2.05) is 6.07 Å². The highest BCUT2D eigenvalue weighted by atomic mass is 15.4. The third kappa shape index (κ3) is 2.44. The average molecular weight is 372 g/mol. The molecule has 6 heteroatoms. The van der Waals surface area contributed by atoms with Crippen LogP contribution in [0.25, 0.3) is 11.0 Å². The summed E-state index contributed by atoms with van der Waals surface area (Å²) >= 11 is 0. The highest BCUT2D eigenvalue weighted by Crippen LogP contribution is 2.39. The molecule has 0 unspecified atom stereocenters. The van der Waals surface area contributed by atoms with Crippen molar-refractivity contribution in [1.29, 1.82) is 0 Å². The second kappa shape index (κ2) is 6.07. The molecular weight excluding hydrogens is 348 g/mol. The van der Waals surface area contributed by atoms with Crippen LogP contribution in [0.5, 0.6) is 0 Å². The Labute approximate surface area is 164 Å². The Morgan fingerprint density at radius 3 is 2.68 bits per heavy atom. The molecule has 0 atom stereocenters. The summed E-state index contributed by atoms with van der Waals surface area (Å²) in [5.41, 5.74) is 4.64. The van der Waals surface area contributed by atoms with E-state index in [4.69, 9.17) is 9.98 Å². The van der Waals surface area contributed by atoms with Gasteiger partial charge in [-0.15, -0.1) is 0 Å². The number of benzene rings is 2. The van der Waals surface area contributed by atoms with Crippen LogP contribution in [0.1, 0.15) is 24.2 Å². The fourth-order valence-electron chi connectivity index (χ4n) is 4.97. The van der Waals surface area contributed by atoms with Crippen molar-refractivity contribution in [2.75, 3.05) is 31.5 Å². The summed E-state index contributed by atoms with van der Waals surface area (Å²) < 4.78 is 0. The van der Waals surface area contributed by atoms with E-state index in [1.165, 1.54) is 17.1 Å². The van der Waals surface area contributed by atoms with Crippen LogP contribution < -0.4 is 5.32 Å². The minimum Gasteiger partial charge on any atom is -0.362 e. The molecule has 28 heavy (non-hydrogen) atoms. The van der Waals surface area contributed by atoms with Gasteiger partial charge < -0.3 is 15.2 Å². The van der Waals surface area contributed by atoms with Crippen molar-refractivity contribution in [3.63, 3.8) is 0 Å². The maximum Gasteiger partial charge on any atom is 0.134 e. The van der Waals surface area contributed by atoms with E-state index in [9.17, 15) is 0 Å². The summed E-state index contributed by atoms with van der Waals surface area (Å²) in [4.78, 5) is 18.1. The molecule has 4 heterocycles. The number of imidazole rings is 1. The first-order valence-corrected chi connectivity index (χ1v) is 10.2. The Morgan fingerprint density at radius 2 is 1.79 bits per heavy atom. The molecule has 3 aliphatic rings. The largest absolute Gasteiger partial charge is 0.362 e. The number of hydrogen-bond acceptors (Lipinski definition) is 5. The smallest absolute Gasteiger partial charge is 0.134 e. The Morgan fingerprint density at radius 1 is 0.964 bits per heavy atom. The van der Waals surface area contributed by atoms with Crippen LogP contribution in [0.4, 0.5) is 5.69 Å². The third-order valence-corrected chi connectivity index (χ3v) is 6.39. The minimum absolute atomic E-state index is 0.00589. The summed E-state index contributed by atoms with van der Waals surface area (Å²) in [5.74, 6) is 2.24. The van der Waals surface area contributed by atoms with Crippen LogP contribution in [-0.2, 0) is 6.54 Å². The van der Waals surface area contributed by atoms with Gasteiger partial charge >= 0.3 is 0 Å². The molecule has 6 rings (SSSR count). The van der Waals surface area contributed by atoms with Crippen molar-refractivity contribution in [3.05, 3.63) is 59.9 Å². The zero-order valence-electron chi connectivity index (χ0n) is 15.9. The van der Waals surface area contributed by atoms with Crippen molar-refractivity contribution in [2.45, 2.75) is 25.0 Å².